The molecule has 1 N–H and O–H groups in total. The SMILES string of the molecule is CN1C(=O)[C@]2(Cl)C[C@@H]3C(=CC[C@@H]4C(=O)N(c5ccc(N=Nc6ccc(N(C)C)cc6)cc5)C(=O)[C@@H]43)[C@H](c3ccc(O)cc3)[C@]2(Cl)C1=O. The molecule has 2 aliphatic carbocycles. The van der Waals surface area contributed by atoms with Crippen molar-refractivity contribution in [3.05, 3.63) is 90.0 Å². The van der Waals surface area contributed by atoms with E-state index in [1.54, 1.807) is 36.4 Å². The Morgan fingerprint density at radius 2 is 1.40 bits per heavy atom. The molecule has 3 aromatic carbocycles. The van der Waals surface area contributed by atoms with E-state index in [-0.39, 0.29) is 24.5 Å². The summed E-state index contributed by atoms with van der Waals surface area (Å²) in [5.74, 6) is -4.98. The molecule has 2 saturated heterocycles. The normalized spacial score (nSPS) is 30.0. The van der Waals surface area contributed by atoms with Crippen LogP contribution >= 0.6 is 23.2 Å². The topological polar surface area (TPSA) is 123 Å². The average molecular weight is 673 g/mol. The van der Waals surface area contributed by atoms with Gasteiger partial charge in [-0.3, -0.25) is 29.0 Å². The Bertz CT molecular complexity index is 1880. The molecule has 7 rings (SSSR count). The molecule has 0 bridgehead atoms. The van der Waals surface area contributed by atoms with Crippen LogP contribution in [0.2, 0.25) is 0 Å². The van der Waals surface area contributed by atoms with Gasteiger partial charge in [0.05, 0.1) is 28.9 Å². The summed E-state index contributed by atoms with van der Waals surface area (Å²) >= 11 is 14.4. The monoisotopic (exact) mass is 671 g/mol. The number of likely N-dealkylation sites (tertiary alicyclic amines) is 1. The van der Waals surface area contributed by atoms with E-state index in [4.69, 9.17) is 23.2 Å². The summed E-state index contributed by atoms with van der Waals surface area (Å²) in [5.41, 5.74) is 3.93. The van der Waals surface area contributed by atoms with E-state index in [0.29, 0.717) is 28.2 Å². The third kappa shape index (κ3) is 4.52. The second-order valence-corrected chi connectivity index (χ2v) is 14.0. The number of nitrogens with zero attached hydrogens (tertiary/aromatic N) is 5. The molecule has 3 aromatic rings. The molecule has 240 valence electrons. The minimum atomic E-state index is -1.86. The fourth-order valence-corrected chi connectivity index (χ4v) is 8.66. The number of rotatable bonds is 5. The van der Waals surface area contributed by atoms with Crippen molar-refractivity contribution >= 4 is 69.6 Å². The van der Waals surface area contributed by atoms with E-state index >= 15 is 0 Å². The highest BCUT2D eigenvalue weighted by Gasteiger charge is 2.75. The number of aromatic hydroxyl groups is 1. The van der Waals surface area contributed by atoms with Crippen molar-refractivity contribution in [2.24, 2.45) is 28.0 Å². The second-order valence-electron chi connectivity index (χ2n) is 12.7. The number of allylic oxidation sites excluding steroid dienone is 2. The number of anilines is 2. The van der Waals surface area contributed by atoms with E-state index in [9.17, 15) is 24.3 Å². The molecule has 4 amide bonds. The number of hydrogen-bond acceptors (Lipinski definition) is 8. The molecule has 47 heavy (non-hydrogen) atoms. The van der Waals surface area contributed by atoms with Gasteiger partial charge in [0, 0.05) is 32.7 Å². The highest BCUT2D eigenvalue weighted by Crippen LogP contribution is 2.65. The van der Waals surface area contributed by atoms with E-state index < -0.39 is 51.1 Å². The largest absolute Gasteiger partial charge is 0.508 e. The second kappa shape index (κ2) is 11.0. The van der Waals surface area contributed by atoms with Crippen LogP contribution in [0.4, 0.5) is 22.7 Å². The fourth-order valence-electron chi connectivity index (χ4n) is 7.64. The van der Waals surface area contributed by atoms with Crippen LogP contribution in [0.1, 0.15) is 24.3 Å². The van der Waals surface area contributed by atoms with Gasteiger partial charge in [0.2, 0.25) is 11.8 Å². The molecule has 12 heteroatoms. The van der Waals surface area contributed by atoms with E-state index in [1.165, 1.54) is 24.1 Å². The Hall–Kier alpha value is -4.54. The van der Waals surface area contributed by atoms with Gasteiger partial charge in [0.15, 0.2) is 9.75 Å². The molecule has 6 atom stereocenters. The first kappa shape index (κ1) is 31.1. The molecule has 3 fully saturated rings. The summed E-state index contributed by atoms with van der Waals surface area (Å²) in [5, 5.41) is 18.6. The zero-order chi connectivity index (χ0) is 33.4. The molecule has 10 nitrogen and oxygen atoms in total. The standard InChI is InChI=1S/C35H31Cl2N5O5/c1-40(2)22-10-6-20(7-11-22)38-39-21-8-12-23(13-9-21)42-30(44)26-17-16-25-27(28(26)31(42)45)18-34(36)32(46)41(3)33(47)35(34,37)29(25)19-4-14-24(43)15-5-19/h4-16,26-29,43H,17-18H2,1-3H3/t26-,27+,28-,29-,34+,35-/m0/s1. The van der Waals surface area contributed by atoms with Crippen LogP contribution in [0.5, 0.6) is 5.75 Å². The Morgan fingerprint density at radius 1 is 0.809 bits per heavy atom. The Morgan fingerprint density at radius 3 is 2.00 bits per heavy atom. The number of phenolic OH excluding ortho intramolecular Hbond substituents is 1. The van der Waals surface area contributed by atoms with Gasteiger partial charge in [-0.15, -0.1) is 23.2 Å². The molecular formula is C35H31Cl2N5O5. The molecule has 2 heterocycles. The number of imide groups is 2. The molecule has 2 aliphatic heterocycles. The lowest BCUT2D eigenvalue weighted by Gasteiger charge is -2.50. The van der Waals surface area contributed by atoms with Gasteiger partial charge in [-0.25, -0.2) is 0 Å². The number of halogens is 2. The predicted octanol–water partition coefficient (Wildman–Crippen LogP) is 6.07. The van der Waals surface area contributed by atoms with Gasteiger partial charge in [0.1, 0.15) is 5.75 Å². The zero-order valence-corrected chi connectivity index (χ0v) is 27.3. The number of phenols is 1. The zero-order valence-electron chi connectivity index (χ0n) is 25.8. The van der Waals surface area contributed by atoms with Crippen LogP contribution in [0.15, 0.2) is 94.7 Å². The van der Waals surface area contributed by atoms with E-state index in [2.05, 4.69) is 10.2 Å². The smallest absolute Gasteiger partial charge is 0.253 e. The minimum Gasteiger partial charge on any atom is -0.508 e. The number of carbonyl (C=O) groups is 4. The van der Waals surface area contributed by atoms with Crippen molar-refractivity contribution < 1.29 is 24.3 Å². The maximum Gasteiger partial charge on any atom is 0.253 e. The lowest BCUT2D eigenvalue weighted by atomic mass is 9.56. The number of azo groups is 1. The maximum atomic E-state index is 14.2. The highest BCUT2D eigenvalue weighted by atomic mass is 35.5. The number of carbonyl (C=O) groups excluding carboxylic acids is 4. The number of fused-ring (bicyclic) bond motifs is 4. The quantitative estimate of drug-likeness (QED) is 0.152. The highest BCUT2D eigenvalue weighted by molar-refractivity contribution is 6.53. The van der Waals surface area contributed by atoms with Crippen molar-refractivity contribution in [2.45, 2.75) is 28.5 Å². The summed E-state index contributed by atoms with van der Waals surface area (Å²) in [6.45, 7) is 0. The lowest BCUT2D eigenvalue weighted by molar-refractivity contribution is -0.138. The van der Waals surface area contributed by atoms with E-state index in [1.807, 2.05) is 49.3 Å². The van der Waals surface area contributed by atoms with Crippen molar-refractivity contribution in [3.63, 3.8) is 0 Å². The average Bonchev–Trinajstić information content (AvgIpc) is 3.39. The number of alkyl halides is 2. The molecule has 0 unspecified atom stereocenters. The van der Waals surface area contributed by atoms with Crippen LogP contribution in [-0.2, 0) is 19.2 Å². The van der Waals surface area contributed by atoms with Crippen LogP contribution in [0.3, 0.4) is 0 Å². The fraction of sp³-hybridized carbons (Fsp3) is 0.314. The van der Waals surface area contributed by atoms with E-state index in [0.717, 1.165) is 10.6 Å². The van der Waals surface area contributed by atoms with Gasteiger partial charge < -0.3 is 10.0 Å². The Balaban J connectivity index is 1.20. The number of benzene rings is 3. The van der Waals surface area contributed by atoms with Crippen molar-refractivity contribution in [1.29, 1.82) is 0 Å². The van der Waals surface area contributed by atoms with Gasteiger partial charge in [-0.1, -0.05) is 23.8 Å². The van der Waals surface area contributed by atoms with Crippen LogP contribution in [-0.4, -0.2) is 64.5 Å². The van der Waals surface area contributed by atoms with Gasteiger partial charge in [-0.2, -0.15) is 10.2 Å². The van der Waals surface area contributed by atoms with Gasteiger partial charge in [-0.05, 0) is 85.0 Å². The van der Waals surface area contributed by atoms with Gasteiger partial charge >= 0.3 is 0 Å². The first-order valence-electron chi connectivity index (χ1n) is 15.2. The van der Waals surface area contributed by atoms with Crippen molar-refractivity contribution in [3.8, 4) is 5.75 Å². The van der Waals surface area contributed by atoms with Crippen LogP contribution in [0.25, 0.3) is 0 Å². The minimum absolute atomic E-state index is 0.0175. The lowest BCUT2D eigenvalue weighted by Crippen LogP contribution is -2.60. The first-order valence-corrected chi connectivity index (χ1v) is 16.0. The molecule has 0 aromatic heterocycles. The number of hydrogen-bond donors (Lipinski definition) is 1. The summed E-state index contributed by atoms with van der Waals surface area (Å²) in [7, 11) is 5.26. The van der Waals surface area contributed by atoms with Crippen molar-refractivity contribution in [2.75, 3.05) is 30.9 Å². The molecule has 4 aliphatic rings. The number of amides is 4. The molecule has 0 radical (unpaired) electrons. The predicted molar refractivity (Wildman–Crippen MR) is 177 cm³/mol. The summed E-state index contributed by atoms with van der Waals surface area (Å²) in [6.07, 6.45) is 2.05. The third-order valence-electron chi connectivity index (χ3n) is 10.00. The van der Waals surface area contributed by atoms with Crippen molar-refractivity contribution in [1.82, 2.24) is 4.90 Å². The third-order valence-corrected chi connectivity index (χ3v) is 11.4. The van der Waals surface area contributed by atoms with Gasteiger partial charge in [0.25, 0.3) is 11.8 Å². The molecular weight excluding hydrogens is 641 g/mol. The summed E-state index contributed by atoms with van der Waals surface area (Å²) in [6, 6.07) is 20.5. The summed E-state index contributed by atoms with van der Waals surface area (Å²) < 4.78 is 0. The molecule has 0 spiro atoms. The Kier molecular flexibility index (Phi) is 7.29. The maximum absolute atomic E-state index is 14.2. The Labute approximate surface area is 281 Å². The summed E-state index contributed by atoms with van der Waals surface area (Å²) in [4.78, 5) is 55.7. The molecule has 1 saturated carbocycles. The van der Waals surface area contributed by atoms with Crippen LogP contribution in [0, 0.1) is 17.8 Å². The first-order chi connectivity index (χ1) is 22.4. The van der Waals surface area contributed by atoms with Crippen LogP contribution < -0.4 is 9.80 Å².